The van der Waals surface area contributed by atoms with Gasteiger partial charge in [0, 0.05) is 23.4 Å². The third kappa shape index (κ3) is 2.72. The van der Waals surface area contributed by atoms with Crippen LogP contribution in [0.25, 0.3) is 5.57 Å². The van der Waals surface area contributed by atoms with Gasteiger partial charge in [-0.3, -0.25) is 4.79 Å². The van der Waals surface area contributed by atoms with Gasteiger partial charge in [-0.25, -0.2) is 8.78 Å². The number of hydrogen-bond acceptors (Lipinski definition) is 1. The Balaban J connectivity index is 2.39. The molecule has 0 atom stereocenters. The van der Waals surface area contributed by atoms with E-state index in [9.17, 15) is 13.6 Å². The summed E-state index contributed by atoms with van der Waals surface area (Å²) in [5.74, 6) is -2.76. The van der Waals surface area contributed by atoms with Crippen molar-refractivity contribution < 1.29 is 13.6 Å². The molecule has 0 N–H and O–H groups in total. The molecule has 0 radical (unpaired) electrons. The zero-order valence-corrected chi connectivity index (χ0v) is 9.81. The monoisotopic (exact) mass is 256 g/mol. The van der Waals surface area contributed by atoms with Crippen molar-refractivity contribution >= 4 is 23.5 Å². The van der Waals surface area contributed by atoms with Crippen LogP contribution in [0.5, 0.6) is 0 Å². The van der Waals surface area contributed by atoms with Crippen LogP contribution in [0, 0.1) is 0 Å². The maximum Gasteiger partial charge on any atom is 0.252 e. The van der Waals surface area contributed by atoms with Gasteiger partial charge in [-0.2, -0.15) is 0 Å². The fourth-order valence-electron chi connectivity index (χ4n) is 2.04. The van der Waals surface area contributed by atoms with Crippen LogP contribution < -0.4 is 0 Å². The van der Waals surface area contributed by atoms with Crippen molar-refractivity contribution in [3.8, 4) is 0 Å². The third-order valence-corrected chi connectivity index (χ3v) is 3.16. The van der Waals surface area contributed by atoms with E-state index in [0.29, 0.717) is 16.9 Å². The number of hydrogen-bond donors (Lipinski definition) is 0. The lowest BCUT2D eigenvalue weighted by Gasteiger charge is -2.24. The van der Waals surface area contributed by atoms with Crippen LogP contribution in [0.15, 0.2) is 29.8 Å². The summed E-state index contributed by atoms with van der Waals surface area (Å²) in [5.41, 5.74) is 1.71. The minimum Gasteiger partial charge on any atom is -0.298 e. The van der Waals surface area contributed by atoms with Crippen molar-refractivity contribution in [1.29, 1.82) is 0 Å². The minimum atomic E-state index is -2.76. The van der Waals surface area contributed by atoms with Crippen LogP contribution in [0.3, 0.4) is 0 Å². The molecule has 1 aromatic rings. The molecule has 17 heavy (non-hydrogen) atoms. The zero-order valence-electron chi connectivity index (χ0n) is 9.05. The summed E-state index contributed by atoms with van der Waals surface area (Å²) in [6.07, 6.45) is 0.0937. The molecule has 2 rings (SSSR count). The molecule has 0 unspecified atom stereocenters. The molecule has 0 bridgehead atoms. The van der Waals surface area contributed by atoms with E-state index in [-0.39, 0.29) is 18.4 Å². The molecule has 0 heterocycles. The predicted octanol–water partition coefficient (Wildman–Crippen LogP) is 4.11. The number of aldehydes is 1. The number of halogens is 3. The zero-order chi connectivity index (χ0) is 12.5. The molecule has 90 valence electrons. The number of allylic oxidation sites excluding steroid dienone is 2. The largest absolute Gasteiger partial charge is 0.298 e. The Bertz CT molecular complexity index is 463. The van der Waals surface area contributed by atoms with E-state index in [4.69, 9.17) is 11.6 Å². The molecule has 4 heteroatoms. The molecular formula is C13H11ClF2O. The highest BCUT2D eigenvalue weighted by molar-refractivity contribution is 6.30. The molecule has 0 spiro atoms. The first-order chi connectivity index (χ1) is 8.02. The first kappa shape index (κ1) is 12.2. The summed E-state index contributed by atoms with van der Waals surface area (Å²) in [6.45, 7) is 0. The molecule has 0 amide bonds. The highest BCUT2D eigenvalue weighted by Crippen LogP contribution is 2.40. The Morgan fingerprint density at radius 2 is 1.88 bits per heavy atom. The van der Waals surface area contributed by atoms with E-state index in [2.05, 4.69) is 0 Å². The maximum atomic E-state index is 13.2. The fraction of sp³-hybridized carbons (Fsp3) is 0.308. The average molecular weight is 257 g/mol. The number of benzene rings is 1. The summed E-state index contributed by atoms with van der Waals surface area (Å²) in [6, 6.07) is 6.90. The standard InChI is InChI=1S/C13H11ClF2O/c14-11-3-1-9(2-4-11)12-5-6-13(15,16)7-10(12)8-17/h1-4,8H,5-7H2. The van der Waals surface area contributed by atoms with Crippen molar-refractivity contribution in [2.75, 3.05) is 0 Å². The van der Waals surface area contributed by atoms with Crippen LogP contribution in [-0.4, -0.2) is 12.2 Å². The van der Waals surface area contributed by atoms with E-state index < -0.39 is 12.3 Å². The van der Waals surface area contributed by atoms with Gasteiger partial charge in [0.2, 0.25) is 0 Å². The summed E-state index contributed by atoms with van der Waals surface area (Å²) in [7, 11) is 0. The summed E-state index contributed by atoms with van der Waals surface area (Å²) in [4.78, 5) is 10.9. The van der Waals surface area contributed by atoms with Crippen LogP contribution in [0.4, 0.5) is 8.78 Å². The molecule has 0 saturated carbocycles. The van der Waals surface area contributed by atoms with Crippen LogP contribution >= 0.6 is 11.6 Å². The summed E-state index contributed by atoms with van der Waals surface area (Å²) in [5, 5.41) is 0.586. The number of carbonyl (C=O) groups excluding carboxylic acids is 1. The topological polar surface area (TPSA) is 17.1 Å². The second-order valence-electron chi connectivity index (χ2n) is 4.16. The number of carbonyl (C=O) groups is 1. The van der Waals surface area contributed by atoms with Gasteiger partial charge in [0.1, 0.15) is 6.29 Å². The van der Waals surface area contributed by atoms with Gasteiger partial charge < -0.3 is 0 Å². The smallest absolute Gasteiger partial charge is 0.252 e. The Hall–Kier alpha value is -1.22. The van der Waals surface area contributed by atoms with Gasteiger partial charge in [0.25, 0.3) is 5.92 Å². The van der Waals surface area contributed by atoms with Crippen molar-refractivity contribution in [3.63, 3.8) is 0 Å². The molecule has 0 fully saturated rings. The summed E-state index contributed by atoms with van der Waals surface area (Å²) >= 11 is 5.76. The Morgan fingerprint density at radius 3 is 2.47 bits per heavy atom. The van der Waals surface area contributed by atoms with Crippen molar-refractivity contribution in [2.24, 2.45) is 0 Å². The second kappa shape index (κ2) is 4.57. The minimum absolute atomic E-state index is 0.198. The number of rotatable bonds is 2. The molecule has 1 aromatic carbocycles. The highest BCUT2D eigenvalue weighted by Gasteiger charge is 2.35. The lowest BCUT2D eigenvalue weighted by atomic mass is 9.86. The van der Waals surface area contributed by atoms with E-state index in [1.54, 1.807) is 24.3 Å². The Morgan fingerprint density at radius 1 is 1.24 bits per heavy atom. The molecular weight excluding hydrogens is 246 g/mol. The lowest BCUT2D eigenvalue weighted by Crippen LogP contribution is -2.22. The normalized spacial score (nSPS) is 19.2. The molecule has 0 saturated heterocycles. The van der Waals surface area contributed by atoms with Crippen LogP contribution in [0.2, 0.25) is 5.02 Å². The van der Waals surface area contributed by atoms with Gasteiger partial charge in [-0.15, -0.1) is 0 Å². The van der Waals surface area contributed by atoms with Gasteiger partial charge in [-0.05, 0) is 29.7 Å². The van der Waals surface area contributed by atoms with Crippen molar-refractivity contribution in [1.82, 2.24) is 0 Å². The second-order valence-corrected chi connectivity index (χ2v) is 4.60. The first-order valence-corrected chi connectivity index (χ1v) is 5.70. The fourth-order valence-corrected chi connectivity index (χ4v) is 2.16. The number of alkyl halides is 2. The molecule has 0 aromatic heterocycles. The van der Waals surface area contributed by atoms with Crippen LogP contribution in [-0.2, 0) is 4.79 Å². The molecule has 1 aliphatic carbocycles. The Labute approximate surface area is 103 Å². The van der Waals surface area contributed by atoms with Crippen molar-refractivity contribution in [2.45, 2.75) is 25.2 Å². The van der Waals surface area contributed by atoms with Crippen molar-refractivity contribution in [3.05, 3.63) is 40.4 Å². The van der Waals surface area contributed by atoms with Gasteiger partial charge in [0.05, 0.1) is 0 Å². The quantitative estimate of drug-likeness (QED) is 0.728. The predicted molar refractivity (Wildman–Crippen MR) is 63.2 cm³/mol. The van der Waals surface area contributed by atoms with Gasteiger partial charge in [0.15, 0.2) is 0 Å². The summed E-state index contributed by atoms with van der Waals surface area (Å²) < 4.78 is 26.4. The molecule has 0 aliphatic heterocycles. The first-order valence-electron chi connectivity index (χ1n) is 5.33. The van der Waals surface area contributed by atoms with E-state index in [1.165, 1.54) is 0 Å². The van der Waals surface area contributed by atoms with E-state index >= 15 is 0 Å². The Kier molecular flexibility index (Phi) is 3.29. The molecule has 1 aliphatic rings. The van der Waals surface area contributed by atoms with E-state index in [0.717, 1.165) is 5.56 Å². The maximum absolute atomic E-state index is 13.2. The van der Waals surface area contributed by atoms with Crippen LogP contribution in [0.1, 0.15) is 24.8 Å². The average Bonchev–Trinajstić information content (AvgIpc) is 2.29. The van der Waals surface area contributed by atoms with Gasteiger partial charge >= 0.3 is 0 Å². The third-order valence-electron chi connectivity index (χ3n) is 2.91. The highest BCUT2D eigenvalue weighted by atomic mass is 35.5. The van der Waals surface area contributed by atoms with E-state index in [1.807, 2.05) is 0 Å². The molecule has 1 nitrogen and oxygen atoms in total. The lowest BCUT2D eigenvalue weighted by molar-refractivity contribution is -0.106. The SMILES string of the molecule is O=CC1=C(c2ccc(Cl)cc2)CCC(F)(F)C1. The van der Waals surface area contributed by atoms with Gasteiger partial charge in [-0.1, -0.05) is 23.7 Å².